The number of aldehydes is 1. The van der Waals surface area contributed by atoms with Gasteiger partial charge < -0.3 is 4.42 Å². The molecule has 2 aromatic heterocycles. The summed E-state index contributed by atoms with van der Waals surface area (Å²) in [7, 11) is 0. The topological polar surface area (TPSA) is 56.0 Å². The van der Waals surface area contributed by atoms with Crippen molar-refractivity contribution >= 4 is 17.5 Å². The van der Waals surface area contributed by atoms with E-state index in [0.717, 1.165) is 5.76 Å². The number of carbonyl (C=O) groups is 1. The summed E-state index contributed by atoms with van der Waals surface area (Å²) in [5.74, 6) is 1.49. The van der Waals surface area contributed by atoms with E-state index in [9.17, 15) is 4.79 Å². The number of rotatable bonds is 2. The third kappa shape index (κ3) is 1.33. The fourth-order valence-electron chi connectivity index (χ4n) is 1.81. The molecule has 0 unspecified atom stereocenters. The zero-order chi connectivity index (χ0) is 10.3. The van der Waals surface area contributed by atoms with Crippen LogP contribution < -0.4 is 0 Å². The van der Waals surface area contributed by atoms with Crippen LogP contribution in [-0.4, -0.2) is 16.3 Å². The van der Waals surface area contributed by atoms with Crippen LogP contribution >= 0.6 is 0 Å². The van der Waals surface area contributed by atoms with Gasteiger partial charge in [0.15, 0.2) is 6.29 Å². The minimum atomic E-state index is 0.350. The van der Waals surface area contributed by atoms with Gasteiger partial charge in [-0.05, 0) is 12.8 Å². The molecule has 1 fully saturated rings. The maximum atomic E-state index is 10.5. The monoisotopic (exact) mass is 202 g/mol. The lowest BCUT2D eigenvalue weighted by atomic mass is 9.84. The molecule has 1 aliphatic carbocycles. The van der Waals surface area contributed by atoms with E-state index in [-0.39, 0.29) is 0 Å². The van der Waals surface area contributed by atoms with Gasteiger partial charge in [-0.15, -0.1) is 0 Å². The smallest absolute Gasteiger partial charge is 0.245 e. The van der Waals surface area contributed by atoms with Crippen molar-refractivity contribution in [1.82, 2.24) is 9.97 Å². The highest BCUT2D eigenvalue weighted by Crippen LogP contribution is 2.38. The molecule has 4 nitrogen and oxygen atoms in total. The Hall–Kier alpha value is -1.71. The first-order chi connectivity index (χ1) is 7.36. The fourth-order valence-corrected chi connectivity index (χ4v) is 1.81. The molecule has 0 saturated heterocycles. The quantitative estimate of drug-likeness (QED) is 0.701. The molecule has 0 atom stereocenters. The molecule has 0 bridgehead atoms. The van der Waals surface area contributed by atoms with E-state index < -0.39 is 0 Å². The predicted octanol–water partition coefficient (Wildman–Crippen LogP) is 2.30. The number of fused-ring (bicyclic) bond motifs is 1. The van der Waals surface area contributed by atoms with Gasteiger partial charge in [-0.25, -0.2) is 9.97 Å². The van der Waals surface area contributed by atoms with Gasteiger partial charge in [0.25, 0.3) is 0 Å². The van der Waals surface area contributed by atoms with Gasteiger partial charge in [-0.3, -0.25) is 4.79 Å². The zero-order valence-electron chi connectivity index (χ0n) is 8.14. The van der Waals surface area contributed by atoms with Gasteiger partial charge in [0.2, 0.25) is 5.71 Å². The molecule has 0 N–H and O–H groups in total. The number of furan rings is 1. The van der Waals surface area contributed by atoms with Crippen molar-refractivity contribution in [2.45, 2.75) is 25.2 Å². The van der Waals surface area contributed by atoms with Gasteiger partial charge in [-0.1, -0.05) is 6.42 Å². The van der Waals surface area contributed by atoms with Gasteiger partial charge in [0.1, 0.15) is 17.0 Å². The lowest BCUT2D eigenvalue weighted by Gasteiger charge is -2.22. The highest BCUT2D eigenvalue weighted by atomic mass is 16.3. The van der Waals surface area contributed by atoms with Gasteiger partial charge in [-0.2, -0.15) is 0 Å². The molecule has 2 aromatic rings. The Balaban J connectivity index is 2.08. The van der Waals surface area contributed by atoms with Gasteiger partial charge in [0, 0.05) is 12.0 Å². The van der Waals surface area contributed by atoms with E-state index in [4.69, 9.17) is 4.42 Å². The summed E-state index contributed by atoms with van der Waals surface area (Å²) in [5.41, 5.74) is 1.56. The summed E-state index contributed by atoms with van der Waals surface area (Å²) in [6.45, 7) is 0. The molecule has 76 valence electrons. The first kappa shape index (κ1) is 8.59. The predicted molar refractivity (Wildman–Crippen MR) is 53.8 cm³/mol. The van der Waals surface area contributed by atoms with E-state index in [0.29, 0.717) is 29.1 Å². The summed E-state index contributed by atoms with van der Waals surface area (Å²) in [5, 5.41) is 0. The van der Waals surface area contributed by atoms with Crippen molar-refractivity contribution in [3.63, 3.8) is 0 Å². The summed E-state index contributed by atoms with van der Waals surface area (Å²) >= 11 is 0. The van der Waals surface area contributed by atoms with Crippen molar-refractivity contribution < 1.29 is 9.21 Å². The Morgan fingerprint density at radius 1 is 1.47 bits per heavy atom. The highest BCUT2D eigenvalue weighted by Gasteiger charge is 2.23. The van der Waals surface area contributed by atoms with Crippen LogP contribution in [-0.2, 0) is 0 Å². The third-order valence-electron chi connectivity index (χ3n) is 2.90. The minimum absolute atomic E-state index is 0.350. The van der Waals surface area contributed by atoms with Crippen molar-refractivity contribution in [1.29, 1.82) is 0 Å². The van der Waals surface area contributed by atoms with Crippen LogP contribution in [0.3, 0.4) is 0 Å². The molecular formula is C11H10N2O2. The Morgan fingerprint density at radius 2 is 2.33 bits per heavy atom. The highest BCUT2D eigenvalue weighted by molar-refractivity contribution is 5.77. The standard InChI is InChI=1S/C11H10N2O2/c14-6-8-5-12-11-9(13-8)4-10(15-11)7-2-1-3-7/h4-7H,1-3H2. The van der Waals surface area contributed by atoms with Crippen LogP contribution in [0.5, 0.6) is 0 Å². The largest absolute Gasteiger partial charge is 0.441 e. The molecule has 0 spiro atoms. The van der Waals surface area contributed by atoms with Crippen LogP contribution in [0.4, 0.5) is 0 Å². The Morgan fingerprint density at radius 3 is 3.00 bits per heavy atom. The molecule has 0 aliphatic heterocycles. The number of carbonyl (C=O) groups excluding carboxylic acids is 1. The fraction of sp³-hybridized carbons (Fsp3) is 0.364. The van der Waals surface area contributed by atoms with E-state index in [1.807, 2.05) is 6.07 Å². The average Bonchev–Trinajstić information content (AvgIpc) is 2.56. The van der Waals surface area contributed by atoms with Crippen LogP contribution in [0.1, 0.15) is 41.4 Å². The summed E-state index contributed by atoms with van der Waals surface area (Å²) in [6, 6.07) is 1.90. The number of hydrogen-bond donors (Lipinski definition) is 0. The lowest BCUT2D eigenvalue weighted by molar-refractivity contribution is 0.111. The lowest BCUT2D eigenvalue weighted by Crippen LogP contribution is -2.07. The first-order valence-electron chi connectivity index (χ1n) is 5.08. The Bertz CT molecular complexity index is 514. The van der Waals surface area contributed by atoms with Crippen molar-refractivity contribution in [2.75, 3.05) is 0 Å². The molecule has 15 heavy (non-hydrogen) atoms. The van der Waals surface area contributed by atoms with Gasteiger partial charge >= 0.3 is 0 Å². The molecule has 4 heteroatoms. The van der Waals surface area contributed by atoms with E-state index >= 15 is 0 Å². The second-order valence-corrected chi connectivity index (χ2v) is 3.88. The molecule has 0 radical (unpaired) electrons. The first-order valence-corrected chi connectivity index (χ1v) is 5.08. The molecular weight excluding hydrogens is 192 g/mol. The average molecular weight is 202 g/mol. The Kier molecular flexibility index (Phi) is 1.80. The van der Waals surface area contributed by atoms with E-state index in [2.05, 4.69) is 9.97 Å². The second-order valence-electron chi connectivity index (χ2n) is 3.88. The maximum Gasteiger partial charge on any atom is 0.245 e. The van der Waals surface area contributed by atoms with Crippen molar-refractivity contribution in [2.24, 2.45) is 0 Å². The molecule has 0 aromatic carbocycles. The minimum Gasteiger partial charge on any atom is -0.441 e. The number of nitrogens with zero attached hydrogens (tertiary/aromatic N) is 2. The number of hydrogen-bond acceptors (Lipinski definition) is 4. The summed E-state index contributed by atoms with van der Waals surface area (Å²) in [4.78, 5) is 18.7. The third-order valence-corrected chi connectivity index (χ3v) is 2.90. The molecule has 1 saturated carbocycles. The molecule has 1 aliphatic rings. The second kappa shape index (κ2) is 3.15. The van der Waals surface area contributed by atoms with Crippen molar-refractivity contribution in [3.8, 4) is 0 Å². The summed E-state index contributed by atoms with van der Waals surface area (Å²) in [6.07, 6.45) is 5.76. The van der Waals surface area contributed by atoms with E-state index in [1.165, 1.54) is 25.5 Å². The normalized spacial score (nSPS) is 16.5. The van der Waals surface area contributed by atoms with Crippen LogP contribution in [0.15, 0.2) is 16.7 Å². The van der Waals surface area contributed by atoms with Crippen molar-refractivity contribution in [3.05, 3.63) is 23.7 Å². The molecule has 0 amide bonds. The molecule has 2 heterocycles. The van der Waals surface area contributed by atoms with E-state index in [1.54, 1.807) is 0 Å². The van der Waals surface area contributed by atoms with Crippen LogP contribution in [0.25, 0.3) is 11.2 Å². The van der Waals surface area contributed by atoms with Crippen LogP contribution in [0.2, 0.25) is 0 Å². The summed E-state index contributed by atoms with van der Waals surface area (Å²) < 4.78 is 5.58. The maximum absolute atomic E-state index is 10.5. The SMILES string of the molecule is O=Cc1cnc2oc(C3CCC3)cc2n1. The Labute approximate surface area is 86.3 Å². The van der Waals surface area contributed by atoms with Gasteiger partial charge in [0.05, 0.1) is 6.20 Å². The molecule has 3 rings (SSSR count). The van der Waals surface area contributed by atoms with Crippen LogP contribution in [0, 0.1) is 0 Å². The zero-order valence-corrected chi connectivity index (χ0v) is 8.14. The number of aromatic nitrogens is 2.